The predicted octanol–water partition coefficient (Wildman–Crippen LogP) is 0.956. The summed E-state index contributed by atoms with van der Waals surface area (Å²) in [5.41, 5.74) is -2.82. The summed E-state index contributed by atoms with van der Waals surface area (Å²) in [6, 6.07) is 4.47. The van der Waals surface area contributed by atoms with Gasteiger partial charge in [0.05, 0.1) is 24.1 Å². The van der Waals surface area contributed by atoms with E-state index in [2.05, 4.69) is 5.32 Å². The smallest absolute Gasteiger partial charge is 0.344 e. The molecule has 0 saturated carbocycles. The number of carbonyl (C=O) groups excluding carboxylic acids is 3. The number of benzene rings is 1. The van der Waals surface area contributed by atoms with Crippen LogP contribution >= 0.6 is 0 Å². The highest BCUT2D eigenvalue weighted by Crippen LogP contribution is 2.33. The zero-order chi connectivity index (χ0) is 22.2. The predicted molar refractivity (Wildman–Crippen MR) is 97.5 cm³/mol. The van der Waals surface area contributed by atoms with Gasteiger partial charge in [-0.3, -0.25) is 25.0 Å². The van der Waals surface area contributed by atoms with Gasteiger partial charge in [0.25, 0.3) is 5.69 Å². The number of carbonyl (C=O) groups is 3. The third kappa shape index (κ3) is 5.46. The normalized spacial score (nSPS) is 11.8. The fourth-order valence-electron chi connectivity index (χ4n) is 2.79. The molecule has 0 unspecified atom stereocenters. The molecule has 0 fully saturated rings. The van der Waals surface area contributed by atoms with Gasteiger partial charge in [-0.2, -0.15) is 0 Å². The molecule has 0 radical (unpaired) electrons. The van der Waals surface area contributed by atoms with E-state index >= 15 is 0 Å². The van der Waals surface area contributed by atoms with E-state index in [4.69, 9.17) is 9.47 Å². The summed E-state index contributed by atoms with van der Waals surface area (Å²) >= 11 is 0. The van der Waals surface area contributed by atoms with Gasteiger partial charge in [0.1, 0.15) is 0 Å². The average Bonchev–Trinajstić information content (AvgIpc) is 2.64. The Morgan fingerprint density at radius 2 is 1.52 bits per heavy atom. The van der Waals surface area contributed by atoms with E-state index in [-0.39, 0.29) is 24.5 Å². The first-order chi connectivity index (χ1) is 13.6. The molecule has 1 atom stereocenters. The summed E-state index contributed by atoms with van der Waals surface area (Å²) in [5.74, 6) is -4.86. The first-order valence-electron chi connectivity index (χ1n) is 8.59. The van der Waals surface area contributed by atoms with Gasteiger partial charge in [0, 0.05) is 24.0 Å². The molecule has 12 nitrogen and oxygen atoms in total. The molecule has 1 N–H and O–H groups in total. The van der Waals surface area contributed by atoms with Crippen molar-refractivity contribution < 1.29 is 33.7 Å². The molecule has 0 saturated heterocycles. The molecule has 158 valence electrons. The summed E-state index contributed by atoms with van der Waals surface area (Å²) in [4.78, 5) is 58.3. The van der Waals surface area contributed by atoms with E-state index in [1.807, 2.05) is 0 Å². The molecule has 0 aliphatic heterocycles. The lowest BCUT2D eigenvalue weighted by Crippen LogP contribution is -2.65. The van der Waals surface area contributed by atoms with E-state index in [9.17, 15) is 34.6 Å². The van der Waals surface area contributed by atoms with Crippen molar-refractivity contribution in [1.29, 1.82) is 0 Å². The van der Waals surface area contributed by atoms with Gasteiger partial charge < -0.3 is 14.8 Å². The maximum atomic E-state index is 12.8. The van der Waals surface area contributed by atoms with E-state index in [0.29, 0.717) is 0 Å². The summed E-state index contributed by atoms with van der Waals surface area (Å²) in [6.45, 7) is 2.62. The van der Waals surface area contributed by atoms with Gasteiger partial charge in [-0.25, -0.2) is 9.59 Å². The topological polar surface area (TPSA) is 168 Å². The lowest BCUT2D eigenvalue weighted by molar-refractivity contribution is -0.484. The molecular formula is C17H21N3O9. The summed E-state index contributed by atoms with van der Waals surface area (Å²) in [7, 11) is 0. The second-order valence-corrected chi connectivity index (χ2v) is 5.85. The summed E-state index contributed by atoms with van der Waals surface area (Å²) in [5, 5.41) is 24.4. The zero-order valence-corrected chi connectivity index (χ0v) is 16.1. The summed E-state index contributed by atoms with van der Waals surface area (Å²) in [6.07, 6.45) is 0. The van der Waals surface area contributed by atoms with Gasteiger partial charge in [0.15, 0.2) is 0 Å². The van der Waals surface area contributed by atoms with Crippen molar-refractivity contribution in [2.24, 2.45) is 0 Å². The van der Waals surface area contributed by atoms with Crippen molar-refractivity contribution >= 4 is 23.5 Å². The second kappa shape index (κ2) is 10.1. The number of amides is 1. The number of hydrogen-bond acceptors (Lipinski definition) is 9. The molecule has 29 heavy (non-hydrogen) atoms. The number of non-ortho nitro benzene ring substituents is 1. The standard InChI is InChI=1S/C17H21N3O9/c1-4-28-15(22)17(18-11(3)21,16(23)29-5-2)14(10-19(24)25)12-6-8-13(9-7-12)20(26)27/h6-9,14H,4-5,10H2,1-3H3,(H,18,21)/t14-/m1/s1. The van der Waals surface area contributed by atoms with E-state index < -0.39 is 45.7 Å². The highest BCUT2D eigenvalue weighted by atomic mass is 16.6. The second-order valence-electron chi connectivity index (χ2n) is 5.85. The molecule has 0 aliphatic rings. The number of hydrogen-bond donors (Lipinski definition) is 1. The molecule has 0 heterocycles. The largest absolute Gasteiger partial charge is 0.464 e. The molecule has 0 spiro atoms. The zero-order valence-electron chi connectivity index (χ0n) is 16.1. The molecule has 12 heteroatoms. The minimum Gasteiger partial charge on any atom is -0.464 e. The minimum absolute atomic E-state index is 0.0298. The quantitative estimate of drug-likeness (QED) is 0.255. The average molecular weight is 411 g/mol. The third-order valence-corrected chi connectivity index (χ3v) is 3.93. The Morgan fingerprint density at radius 3 is 1.86 bits per heavy atom. The van der Waals surface area contributed by atoms with E-state index in [1.54, 1.807) is 0 Å². The Labute approximate surface area is 165 Å². The van der Waals surface area contributed by atoms with Crippen molar-refractivity contribution in [2.75, 3.05) is 19.8 Å². The van der Waals surface area contributed by atoms with Gasteiger partial charge >= 0.3 is 11.9 Å². The number of nitro benzene ring substituents is 1. The van der Waals surface area contributed by atoms with Gasteiger partial charge in [0.2, 0.25) is 18.0 Å². The first-order valence-corrected chi connectivity index (χ1v) is 8.59. The van der Waals surface area contributed by atoms with E-state index in [0.717, 1.165) is 19.1 Å². The Bertz CT molecular complexity index is 774. The molecule has 1 amide bonds. The number of esters is 2. The number of nitrogens with one attached hydrogen (secondary N) is 1. The SMILES string of the molecule is CCOC(=O)C(NC(C)=O)(C(=O)OCC)[C@H](C[N+](=O)[O-])c1ccc([N+](=O)[O-])cc1. The van der Waals surface area contributed by atoms with Crippen LogP contribution in [-0.2, 0) is 23.9 Å². The van der Waals surface area contributed by atoms with E-state index in [1.165, 1.54) is 26.0 Å². The molecule has 1 rings (SSSR count). The summed E-state index contributed by atoms with van der Waals surface area (Å²) < 4.78 is 9.87. The van der Waals surface area contributed by atoms with Gasteiger partial charge in [-0.05, 0) is 19.4 Å². The Kier molecular flexibility index (Phi) is 8.18. The monoisotopic (exact) mass is 411 g/mol. The van der Waals surface area contributed by atoms with Crippen LogP contribution in [0.4, 0.5) is 5.69 Å². The van der Waals surface area contributed by atoms with Gasteiger partial charge in [-0.1, -0.05) is 12.1 Å². The molecule has 0 bridgehead atoms. The maximum absolute atomic E-state index is 12.8. The molecule has 1 aromatic carbocycles. The highest BCUT2D eigenvalue weighted by molar-refractivity contribution is 6.09. The lowest BCUT2D eigenvalue weighted by atomic mass is 9.78. The van der Waals surface area contributed by atoms with Crippen LogP contribution in [0.3, 0.4) is 0 Å². The first kappa shape index (κ1) is 23.5. The van der Waals surface area contributed by atoms with Crippen LogP contribution in [0.2, 0.25) is 0 Å². The fourth-order valence-corrected chi connectivity index (χ4v) is 2.79. The van der Waals surface area contributed by atoms with Crippen molar-refractivity contribution in [3.05, 3.63) is 50.1 Å². The minimum atomic E-state index is -2.55. The van der Waals surface area contributed by atoms with Crippen molar-refractivity contribution in [3.63, 3.8) is 0 Å². The Hall–Kier alpha value is -3.57. The van der Waals surface area contributed by atoms with Gasteiger partial charge in [-0.15, -0.1) is 0 Å². The highest BCUT2D eigenvalue weighted by Gasteiger charge is 2.58. The van der Waals surface area contributed by atoms with Crippen molar-refractivity contribution in [1.82, 2.24) is 5.32 Å². The fraction of sp³-hybridized carbons (Fsp3) is 0.471. The van der Waals surface area contributed by atoms with Crippen LogP contribution in [0.15, 0.2) is 24.3 Å². The van der Waals surface area contributed by atoms with Crippen LogP contribution in [0.25, 0.3) is 0 Å². The number of rotatable bonds is 10. The number of nitrogens with zero attached hydrogens (tertiary/aromatic N) is 2. The molecule has 0 aromatic heterocycles. The Morgan fingerprint density at radius 1 is 1.03 bits per heavy atom. The Balaban J connectivity index is 3.73. The number of nitro groups is 2. The van der Waals surface area contributed by atoms with Crippen LogP contribution < -0.4 is 5.32 Å². The third-order valence-electron chi connectivity index (χ3n) is 3.93. The maximum Gasteiger partial charge on any atom is 0.344 e. The van der Waals surface area contributed by atoms with Crippen LogP contribution in [0.5, 0.6) is 0 Å². The molecule has 0 aliphatic carbocycles. The molecule has 1 aromatic rings. The van der Waals surface area contributed by atoms with Crippen molar-refractivity contribution in [3.8, 4) is 0 Å². The van der Waals surface area contributed by atoms with Crippen LogP contribution in [0, 0.1) is 20.2 Å². The van der Waals surface area contributed by atoms with Crippen LogP contribution in [0.1, 0.15) is 32.3 Å². The van der Waals surface area contributed by atoms with Crippen molar-refractivity contribution in [2.45, 2.75) is 32.2 Å². The molecular weight excluding hydrogens is 390 g/mol. The van der Waals surface area contributed by atoms with Crippen LogP contribution in [-0.4, -0.2) is 53.0 Å². The lowest BCUT2D eigenvalue weighted by Gasteiger charge is -2.34. The number of ether oxygens (including phenoxy) is 2.